The first kappa shape index (κ1) is 14.0. The second-order valence-electron chi connectivity index (χ2n) is 4.88. The summed E-state index contributed by atoms with van der Waals surface area (Å²) in [7, 11) is 0. The molecular formula is C17H18N2OS. The van der Waals surface area contributed by atoms with Gasteiger partial charge in [0.2, 0.25) is 0 Å². The molecule has 0 unspecified atom stereocenters. The summed E-state index contributed by atoms with van der Waals surface area (Å²) < 4.78 is 7.00. The van der Waals surface area contributed by atoms with Gasteiger partial charge in [0, 0.05) is 5.56 Å². The first-order valence-corrected chi connectivity index (χ1v) is 8.02. The molecular weight excluding hydrogens is 280 g/mol. The minimum Gasteiger partial charge on any atom is -0.494 e. The molecule has 2 N–H and O–H groups in total. The van der Waals surface area contributed by atoms with E-state index in [4.69, 9.17) is 10.5 Å². The highest BCUT2D eigenvalue weighted by Crippen LogP contribution is 2.31. The average Bonchev–Trinajstić information content (AvgIpc) is 3.00. The van der Waals surface area contributed by atoms with Crippen LogP contribution in [-0.4, -0.2) is 18.1 Å². The molecule has 4 heteroatoms. The molecule has 2 aromatic carbocycles. The van der Waals surface area contributed by atoms with Crippen LogP contribution in [0.15, 0.2) is 48.0 Å². The lowest BCUT2D eigenvalue weighted by Gasteiger charge is -2.08. The highest BCUT2D eigenvalue weighted by atomic mass is 32.1. The Kier molecular flexibility index (Phi) is 4.48. The number of hydrogen-bond acceptors (Lipinski definition) is 4. The Hall–Kier alpha value is -1.91. The maximum Gasteiger partial charge on any atom is 0.119 e. The minimum absolute atomic E-state index is 0.710. The Labute approximate surface area is 128 Å². The van der Waals surface area contributed by atoms with E-state index in [9.17, 15) is 0 Å². The van der Waals surface area contributed by atoms with Crippen LogP contribution in [0.3, 0.4) is 0 Å². The molecule has 0 fully saturated rings. The first-order valence-electron chi connectivity index (χ1n) is 7.14. The Bertz CT molecular complexity index is 723. The van der Waals surface area contributed by atoms with Crippen molar-refractivity contribution in [3.8, 4) is 16.9 Å². The molecule has 0 aliphatic carbocycles. The summed E-state index contributed by atoms with van der Waals surface area (Å²) in [5.74, 6) is 0.900. The van der Waals surface area contributed by atoms with Crippen LogP contribution in [0.1, 0.15) is 12.8 Å². The van der Waals surface area contributed by atoms with Gasteiger partial charge in [-0.2, -0.15) is 0 Å². The molecule has 108 valence electrons. The predicted molar refractivity (Wildman–Crippen MR) is 88.8 cm³/mol. The van der Waals surface area contributed by atoms with E-state index in [-0.39, 0.29) is 0 Å². The van der Waals surface area contributed by atoms with Crippen molar-refractivity contribution in [2.75, 3.05) is 13.2 Å². The highest BCUT2D eigenvalue weighted by molar-refractivity contribution is 7.16. The molecule has 0 spiro atoms. The van der Waals surface area contributed by atoms with E-state index in [1.165, 1.54) is 4.70 Å². The fourth-order valence-corrected chi connectivity index (χ4v) is 3.01. The minimum atomic E-state index is 0.710. The summed E-state index contributed by atoms with van der Waals surface area (Å²) in [5.41, 5.74) is 10.7. The zero-order valence-electron chi connectivity index (χ0n) is 11.8. The van der Waals surface area contributed by atoms with Crippen molar-refractivity contribution in [1.29, 1.82) is 0 Å². The van der Waals surface area contributed by atoms with Crippen LogP contribution in [0.25, 0.3) is 21.3 Å². The number of fused-ring (bicyclic) bond motifs is 1. The molecule has 3 rings (SSSR count). The molecule has 1 heterocycles. The Morgan fingerprint density at radius 1 is 1.10 bits per heavy atom. The lowest BCUT2D eigenvalue weighted by atomic mass is 10.0. The normalized spacial score (nSPS) is 10.9. The van der Waals surface area contributed by atoms with E-state index in [2.05, 4.69) is 35.3 Å². The van der Waals surface area contributed by atoms with E-state index in [0.717, 1.165) is 41.8 Å². The zero-order chi connectivity index (χ0) is 14.5. The summed E-state index contributed by atoms with van der Waals surface area (Å²) in [6, 6.07) is 14.5. The second-order valence-corrected chi connectivity index (χ2v) is 5.76. The number of aromatic nitrogens is 1. The highest BCUT2D eigenvalue weighted by Gasteiger charge is 2.06. The van der Waals surface area contributed by atoms with Gasteiger partial charge in [-0.3, -0.25) is 0 Å². The van der Waals surface area contributed by atoms with Crippen LogP contribution >= 0.6 is 11.3 Å². The maximum atomic E-state index is 5.79. The van der Waals surface area contributed by atoms with Crippen molar-refractivity contribution >= 4 is 21.6 Å². The third kappa shape index (κ3) is 3.23. The molecule has 21 heavy (non-hydrogen) atoms. The number of thiazole rings is 1. The Morgan fingerprint density at radius 3 is 2.90 bits per heavy atom. The monoisotopic (exact) mass is 298 g/mol. The van der Waals surface area contributed by atoms with Gasteiger partial charge in [0.15, 0.2) is 0 Å². The Morgan fingerprint density at radius 2 is 2.00 bits per heavy atom. The molecule has 3 nitrogen and oxygen atoms in total. The van der Waals surface area contributed by atoms with Gasteiger partial charge >= 0.3 is 0 Å². The maximum absolute atomic E-state index is 5.79. The number of benzene rings is 2. The predicted octanol–water partition coefficient (Wildman–Crippen LogP) is 4.08. The smallest absolute Gasteiger partial charge is 0.119 e. The van der Waals surface area contributed by atoms with Gasteiger partial charge in [0.1, 0.15) is 5.75 Å². The summed E-state index contributed by atoms with van der Waals surface area (Å²) >= 11 is 1.67. The first-order chi connectivity index (χ1) is 10.4. The lowest BCUT2D eigenvalue weighted by Crippen LogP contribution is -2.03. The zero-order valence-corrected chi connectivity index (χ0v) is 12.6. The van der Waals surface area contributed by atoms with Gasteiger partial charge in [-0.15, -0.1) is 11.3 Å². The van der Waals surface area contributed by atoms with Gasteiger partial charge in [0.25, 0.3) is 0 Å². The van der Waals surface area contributed by atoms with Crippen molar-refractivity contribution in [2.24, 2.45) is 5.73 Å². The number of hydrogen-bond donors (Lipinski definition) is 1. The van der Waals surface area contributed by atoms with Gasteiger partial charge in [-0.1, -0.05) is 24.3 Å². The summed E-state index contributed by atoms with van der Waals surface area (Å²) in [6.07, 6.45) is 1.99. The van der Waals surface area contributed by atoms with Gasteiger partial charge in [-0.05, 0) is 43.1 Å². The van der Waals surface area contributed by atoms with E-state index >= 15 is 0 Å². The van der Waals surface area contributed by atoms with Crippen LogP contribution in [0, 0.1) is 0 Å². The van der Waals surface area contributed by atoms with Crippen molar-refractivity contribution in [2.45, 2.75) is 12.8 Å². The number of nitrogens with zero attached hydrogens (tertiary/aromatic N) is 1. The van der Waals surface area contributed by atoms with Crippen LogP contribution in [0.2, 0.25) is 0 Å². The SMILES string of the molecule is NCCCCOc1cccc(-c2cccc3scnc23)c1. The molecule has 0 saturated heterocycles. The molecule has 0 aliphatic rings. The third-order valence-electron chi connectivity index (χ3n) is 3.37. The molecule has 0 atom stereocenters. The molecule has 0 radical (unpaired) electrons. The van der Waals surface area contributed by atoms with Gasteiger partial charge in [-0.25, -0.2) is 4.98 Å². The van der Waals surface area contributed by atoms with Crippen LogP contribution in [0.5, 0.6) is 5.75 Å². The third-order valence-corrected chi connectivity index (χ3v) is 4.17. The van der Waals surface area contributed by atoms with E-state index < -0.39 is 0 Å². The van der Waals surface area contributed by atoms with Gasteiger partial charge in [0.05, 0.1) is 22.3 Å². The lowest BCUT2D eigenvalue weighted by molar-refractivity contribution is 0.308. The fraction of sp³-hybridized carbons (Fsp3) is 0.235. The number of ether oxygens (including phenoxy) is 1. The standard InChI is InChI=1S/C17H18N2OS/c18-9-1-2-10-20-14-6-3-5-13(11-14)15-7-4-8-16-17(15)19-12-21-16/h3-8,11-12H,1-2,9-10,18H2. The molecule has 1 aromatic heterocycles. The van der Waals surface area contributed by atoms with Crippen molar-refractivity contribution in [3.05, 3.63) is 48.0 Å². The van der Waals surface area contributed by atoms with Gasteiger partial charge < -0.3 is 10.5 Å². The van der Waals surface area contributed by atoms with E-state index in [1.807, 2.05) is 17.6 Å². The summed E-state index contributed by atoms with van der Waals surface area (Å²) in [4.78, 5) is 4.48. The molecule has 0 bridgehead atoms. The fourth-order valence-electron chi connectivity index (χ4n) is 2.31. The number of para-hydroxylation sites is 1. The van der Waals surface area contributed by atoms with E-state index in [1.54, 1.807) is 11.3 Å². The van der Waals surface area contributed by atoms with Crippen molar-refractivity contribution in [1.82, 2.24) is 4.98 Å². The van der Waals surface area contributed by atoms with E-state index in [0.29, 0.717) is 6.61 Å². The Balaban J connectivity index is 1.84. The second kappa shape index (κ2) is 6.70. The topological polar surface area (TPSA) is 48.1 Å². The van der Waals surface area contributed by atoms with Crippen LogP contribution in [0.4, 0.5) is 0 Å². The summed E-state index contributed by atoms with van der Waals surface area (Å²) in [5, 5.41) is 0. The molecule has 3 aromatic rings. The molecule has 0 saturated carbocycles. The largest absolute Gasteiger partial charge is 0.494 e. The molecule has 0 aliphatic heterocycles. The summed E-state index contributed by atoms with van der Waals surface area (Å²) in [6.45, 7) is 1.43. The van der Waals surface area contributed by atoms with Crippen LogP contribution in [-0.2, 0) is 0 Å². The number of rotatable bonds is 6. The molecule has 0 amide bonds. The quantitative estimate of drug-likeness (QED) is 0.697. The average molecular weight is 298 g/mol. The van der Waals surface area contributed by atoms with Crippen molar-refractivity contribution in [3.63, 3.8) is 0 Å². The number of nitrogens with two attached hydrogens (primary N) is 1. The van der Waals surface area contributed by atoms with Crippen molar-refractivity contribution < 1.29 is 4.74 Å². The van der Waals surface area contributed by atoms with Crippen LogP contribution < -0.4 is 10.5 Å². The number of unbranched alkanes of at least 4 members (excludes halogenated alkanes) is 1.